The number of nitrogens with one attached hydrogen (secondary N) is 1. The number of nitrogens with zero attached hydrogens (tertiary/aromatic N) is 3. The summed E-state index contributed by atoms with van der Waals surface area (Å²) in [5.74, 6) is 1.78. The third-order valence-corrected chi connectivity index (χ3v) is 6.35. The van der Waals surface area contributed by atoms with E-state index < -0.39 is 0 Å². The molecule has 0 radical (unpaired) electrons. The van der Waals surface area contributed by atoms with Crippen LogP contribution < -0.4 is 10.1 Å². The zero-order valence-corrected chi connectivity index (χ0v) is 18.9. The minimum Gasteiger partial charge on any atom is -0.493 e. The lowest BCUT2D eigenvalue weighted by Gasteiger charge is -2.29. The summed E-state index contributed by atoms with van der Waals surface area (Å²) >= 11 is 0. The Kier molecular flexibility index (Phi) is 6.63. The van der Waals surface area contributed by atoms with Gasteiger partial charge in [0.2, 0.25) is 5.91 Å². The molecule has 0 unspecified atom stereocenters. The summed E-state index contributed by atoms with van der Waals surface area (Å²) in [5, 5.41) is 2.97. The second-order valence-corrected chi connectivity index (χ2v) is 9.16. The molecule has 0 spiro atoms. The van der Waals surface area contributed by atoms with Crippen LogP contribution in [-0.4, -0.2) is 33.9 Å². The van der Waals surface area contributed by atoms with Gasteiger partial charge in [-0.05, 0) is 65.1 Å². The number of fused-ring (bicyclic) bond motifs is 1. The minimum absolute atomic E-state index is 0.0260. The van der Waals surface area contributed by atoms with Gasteiger partial charge in [-0.2, -0.15) is 0 Å². The van der Waals surface area contributed by atoms with E-state index in [0.29, 0.717) is 13.0 Å². The molecular weight excluding hydrogens is 412 g/mol. The average molecular weight is 443 g/mol. The van der Waals surface area contributed by atoms with Crippen LogP contribution in [0.3, 0.4) is 0 Å². The third kappa shape index (κ3) is 6.17. The van der Waals surface area contributed by atoms with E-state index in [9.17, 15) is 4.79 Å². The molecule has 6 nitrogen and oxygen atoms in total. The highest BCUT2D eigenvalue weighted by atomic mass is 16.5. The molecule has 3 aromatic rings. The standard InChI is InChI=1S/C27H30N4O2/c32-27(11-23-13-28-19-29-14-23)30-15-20-1-3-21(4-2-20)16-31-10-9-24-12-26(8-7-25(24)17-31)33-18-22-5-6-22/h1-4,7-8,12-14,19,22H,5-6,9-11,15-18H2,(H,30,32). The van der Waals surface area contributed by atoms with Gasteiger partial charge in [0, 0.05) is 38.6 Å². The first kappa shape index (κ1) is 21.6. The quantitative estimate of drug-likeness (QED) is 0.548. The molecule has 2 aliphatic rings. The van der Waals surface area contributed by atoms with Crippen LogP contribution in [0.2, 0.25) is 0 Å². The average Bonchev–Trinajstić information content (AvgIpc) is 3.68. The van der Waals surface area contributed by atoms with Gasteiger partial charge in [-0.15, -0.1) is 0 Å². The topological polar surface area (TPSA) is 67.4 Å². The van der Waals surface area contributed by atoms with Gasteiger partial charge in [0.15, 0.2) is 0 Å². The van der Waals surface area contributed by atoms with Crippen molar-refractivity contribution in [3.8, 4) is 5.75 Å². The van der Waals surface area contributed by atoms with Gasteiger partial charge in [0.1, 0.15) is 12.1 Å². The van der Waals surface area contributed by atoms with Crippen molar-refractivity contribution in [2.45, 2.75) is 45.3 Å². The van der Waals surface area contributed by atoms with Crippen LogP contribution in [0.4, 0.5) is 0 Å². The van der Waals surface area contributed by atoms with Gasteiger partial charge in [-0.3, -0.25) is 9.69 Å². The highest BCUT2D eigenvalue weighted by molar-refractivity contribution is 5.78. The normalized spacial score (nSPS) is 15.6. The van der Waals surface area contributed by atoms with Crippen LogP contribution in [0.15, 0.2) is 61.2 Å². The van der Waals surface area contributed by atoms with Gasteiger partial charge in [-0.1, -0.05) is 30.3 Å². The molecule has 1 amide bonds. The molecule has 1 aliphatic heterocycles. The van der Waals surface area contributed by atoms with Crippen molar-refractivity contribution in [2.75, 3.05) is 13.2 Å². The molecule has 33 heavy (non-hydrogen) atoms. The lowest BCUT2D eigenvalue weighted by atomic mass is 9.99. The monoisotopic (exact) mass is 442 g/mol. The number of amides is 1. The number of carbonyl (C=O) groups is 1. The Morgan fingerprint density at radius 2 is 1.79 bits per heavy atom. The summed E-state index contributed by atoms with van der Waals surface area (Å²) in [7, 11) is 0. The Hall–Kier alpha value is -3.25. The molecule has 0 saturated heterocycles. The third-order valence-electron chi connectivity index (χ3n) is 6.35. The fourth-order valence-electron chi connectivity index (χ4n) is 4.20. The molecule has 1 aliphatic carbocycles. The molecule has 2 heterocycles. The molecule has 0 atom stereocenters. The highest BCUT2D eigenvalue weighted by Gasteiger charge is 2.22. The number of aromatic nitrogens is 2. The summed E-state index contributed by atoms with van der Waals surface area (Å²) in [6, 6.07) is 15.1. The maximum atomic E-state index is 12.1. The Labute approximate surface area is 195 Å². The van der Waals surface area contributed by atoms with Crippen LogP contribution in [0.1, 0.15) is 40.7 Å². The number of hydrogen-bond acceptors (Lipinski definition) is 5. The molecular formula is C27H30N4O2. The van der Waals surface area contributed by atoms with E-state index in [2.05, 4.69) is 62.6 Å². The fourth-order valence-corrected chi connectivity index (χ4v) is 4.20. The van der Waals surface area contributed by atoms with E-state index >= 15 is 0 Å². The van der Waals surface area contributed by atoms with Crippen molar-refractivity contribution in [3.05, 3.63) is 89.0 Å². The van der Waals surface area contributed by atoms with E-state index in [1.165, 1.54) is 35.9 Å². The summed E-state index contributed by atoms with van der Waals surface area (Å²) < 4.78 is 5.95. The first-order valence-electron chi connectivity index (χ1n) is 11.8. The van der Waals surface area contributed by atoms with Crippen LogP contribution in [0.5, 0.6) is 5.75 Å². The van der Waals surface area contributed by atoms with Crippen molar-refractivity contribution in [3.63, 3.8) is 0 Å². The molecule has 1 N–H and O–H groups in total. The molecule has 2 aromatic carbocycles. The van der Waals surface area contributed by atoms with Crippen molar-refractivity contribution in [2.24, 2.45) is 5.92 Å². The van der Waals surface area contributed by atoms with Gasteiger partial charge in [-0.25, -0.2) is 9.97 Å². The van der Waals surface area contributed by atoms with Crippen LogP contribution >= 0.6 is 0 Å². The predicted molar refractivity (Wildman–Crippen MR) is 127 cm³/mol. The lowest BCUT2D eigenvalue weighted by Crippen LogP contribution is -2.30. The van der Waals surface area contributed by atoms with E-state index in [4.69, 9.17) is 4.74 Å². The summed E-state index contributed by atoms with van der Waals surface area (Å²) in [5.41, 5.74) is 6.03. The molecule has 170 valence electrons. The van der Waals surface area contributed by atoms with E-state index in [-0.39, 0.29) is 5.91 Å². The maximum Gasteiger partial charge on any atom is 0.224 e. The molecule has 1 saturated carbocycles. The van der Waals surface area contributed by atoms with Crippen molar-refractivity contribution < 1.29 is 9.53 Å². The molecule has 5 rings (SSSR count). The number of ether oxygens (including phenoxy) is 1. The summed E-state index contributed by atoms with van der Waals surface area (Å²) in [6.07, 6.45) is 8.80. The molecule has 6 heteroatoms. The van der Waals surface area contributed by atoms with E-state index in [1.807, 2.05) is 0 Å². The fraction of sp³-hybridized carbons (Fsp3) is 0.370. The molecule has 1 fully saturated rings. The van der Waals surface area contributed by atoms with Crippen LogP contribution in [-0.2, 0) is 37.3 Å². The number of carbonyl (C=O) groups excluding carboxylic acids is 1. The second-order valence-electron chi connectivity index (χ2n) is 9.16. The Morgan fingerprint density at radius 1 is 1.00 bits per heavy atom. The van der Waals surface area contributed by atoms with Gasteiger partial charge >= 0.3 is 0 Å². The molecule has 0 bridgehead atoms. The number of benzene rings is 2. The molecule has 1 aromatic heterocycles. The van der Waals surface area contributed by atoms with E-state index in [0.717, 1.165) is 55.5 Å². The summed E-state index contributed by atoms with van der Waals surface area (Å²) in [4.78, 5) is 22.5. The Morgan fingerprint density at radius 3 is 2.58 bits per heavy atom. The Bertz CT molecular complexity index is 1080. The van der Waals surface area contributed by atoms with Gasteiger partial charge in [0.05, 0.1) is 13.0 Å². The minimum atomic E-state index is -0.0260. The van der Waals surface area contributed by atoms with E-state index in [1.54, 1.807) is 12.4 Å². The van der Waals surface area contributed by atoms with Gasteiger partial charge < -0.3 is 10.1 Å². The zero-order chi connectivity index (χ0) is 22.5. The van der Waals surface area contributed by atoms with Crippen molar-refractivity contribution in [1.82, 2.24) is 20.2 Å². The predicted octanol–water partition coefficient (Wildman–Crippen LogP) is 3.68. The van der Waals surface area contributed by atoms with Gasteiger partial charge in [0.25, 0.3) is 0 Å². The second kappa shape index (κ2) is 10.1. The van der Waals surface area contributed by atoms with Crippen LogP contribution in [0.25, 0.3) is 0 Å². The Balaban J connectivity index is 1.09. The first-order valence-corrected chi connectivity index (χ1v) is 11.8. The highest BCUT2D eigenvalue weighted by Crippen LogP contribution is 2.30. The first-order chi connectivity index (χ1) is 16.2. The zero-order valence-electron chi connectivity index (χ0n) is 18.9. The summed E-state index contributed by atoms with van der Waals surface area (Å²) in [6.45, 7) is 4.35. The lowest BCUT2D eigenvalue weighted by molar-refractivity contribution is -0.120. The number of hydrogen-bond donors (Lipinski definition) is 1. The number of rotatable bonds is 9. The van der Waals surface area contributed by atoms with Crippen LogP contribution in [0, 0.1) is 5.92 Å². The van der Waals surface area contributed by atoms with Crippen molar-refractivity contribution in [1.29, 1.82) is 0 Å². The SMILES string of the molecule is O=C(Cc1cncnc1)NCc1ccc(CN2CCc3cc(OCC4CC4)ccc3C2)cc1. The maximum absolute atomic E-state index is 12.1. The van der Waals surface area contributed by atoms with Crippen molar-refractivity contribution >= 4 is 5.91 Å². The largest absolute Gasteiger partial charge is 0.493 e. The smallest absolute Gasteiger partial charge is 0.224 e.